The molecule has 30 heavy (non-hydrogen) atoms. The maximum Gasteiger partial charge on any atom is 0.184 e. The van der Waals surface area contributed by atoms with Gasteiger partial charge in [-0.3, -0.25) is 4.90 Å². The zero-order valence-corrected chi connectivity index (χ0v) is 19.3. The van der Waals surface area contributed by atoms with E-state index in [4.69, 9.17) is 5.73 Å². The fraction of sp³-hybridized carbons (Fsp3) is 0.760. The zero-order valence-electron chi connectivity index (χ0n) is 19.3. The summed E-state index contributed by atoms with van der Waals surface area (Å²) < 4.78 is 0. The molecule has 0 bridgehead atoms. The van der Waals surface area contributed by atoms with E-state index < -0.39 is 6.35 Å². The Bertz CT molecular complexity index is 521. The van der Waals surface area contributed by atoms with Crippen molar-refractivity contribution < 1.29 is 5.11 Å². The molecule has 1 atom stereocenters. The van der Waals surface area contributed by atoms with Gasteiger partial charge in [0.15, 0.2) is 6.35 Å². The van der Waals surface area contributed by atoms with Crippen LogP contribution in [-0.4, -0.2) is 60.5 Å². The Kier molecular flexibility index (Phi) is 13.1. The normalized spacial score (nSPS) is 16.3. The smallest absolute Gasteiger partial charge is 0.184 e. The van der Waals surface area contributed by atoms with Crippen molar-refractivity contribution in [3.8, 4) is 0 Å². The van der Waals surface area contributed by atoms with Crippen LogP contribution in [0.3, 0.4) is 0 Å². The van der Waals surface area contributed by atoms with Crippen LogP contribution in [0.1, 0.15) is 71.1 Å². The number of nitrogens with two attached hydrogens (primary N) is 1. The first-order chi connectivity index (χ1) is 14.7. The number of para-hydroxylation sites is 1. The molecule has 1 saturated carbocycles. The van der Waals surface area contributed by atoms with E-state index in [-0.39, 0.29) is 0 Å². The van der Waals surface area contributed by atoms with Crippen LogP contribution in [-0.2, 0) is 0 Å². The van der Waals surface area contributed by atoms with Gasteiger partial charge in [-0.2, -0.15) is 0 Å². The number of hydrogen-bond donors (Lipinski definition) is 3. The minimum Gasteiger partial charge on any atom is -0.361 e. The average Bonchev–Trinajstić information content (AvgIpc) is 2.78. The Hall–Kier alpha value is -1.14. The number of aliphatic hydroxyl groups is 1. The van der Waals surface area contributed by atoms with Crippen LogP contribution in [0.4, 0.5) is 5.69 Å². The maximum absolute atomic E-state index is 10.7. The van der Waals surface area contributed by atoms with Crippen LogP contribution in [0.2, 0.25) is 0 Å². The van der Waals surface area contributed by atoms with Crippen molar-refractivity contribution in [3.05, 3.63) is 30.3 Å². The lowest BCUT2D eigenvalue weighted by Crippen LogP contribution is -2.47. The highest BCUT2D eigenvalue weighted by Gasteiger charge is 2.17. The second-order valence-electron chi connectivity index (χ2n) is 8.90. The number of nitrogens with zero attached hydrogens (tertiary/aromatic N) is 2. The highest BCUT2D eigenvalue weighted by atomic mass is 16.3. The Morgan fingerprint density at radius 1 is 0.967 bits per heavy atom. The molecule has 2 rings (SSSR count). The van der Waals surface area contributed by atoms with Gasteiger partial charge < -0.3 is 21.1 Å². The lowest BCUT2D eigenvalue weighted by Gasteiger charge is -2.31. The SMILES string of the molecule is CCCCN(CCCCC1CCCCC1)CCN(CCN)C(O)Nc1ccccc1. The molecule has 5 heteroatoms. The van der Waals surface area contributed by atoms with Crippen molar-refractivity contribution in [2.24, 2.45) is 11.7 Å². The highest BCUT2D eigenvalue weighted by molar-refractivity contribution is 5.42. The number of aliphatic hydroxyl groups excluding tert-OH is 1. The Labute approximate surface area is 185 Å². The van der Waals surface area contributed by atoms with E-state index in [0.29, 0.717) is 13.1 Å². The third kappa shape index (κ3) is 10.3. The summed E-state index contributed by atoms with van der Waals surface area (Å²) >= 11 is 0. The molecule has 0 saturated heterocycles. The predicted octanol–water partition coefficient (Wildman–Crippen LogP) is 4.49. The molecule has 1 fully saturated rings. The second-order valence-corrected chi connectivity index (χ2v) is 8.90. The third-order valence-electron chi connectivity index (χ3n) is 6.42. The van der Waals surface area contributed by atoms with Gasteiger partial charge in [-0.1, -0.05) is 76.5 Å². The van der Waals surface area contributed by atoms with Crippen LogP contribution >= 0.6 is 0 Å². The zero-order chi connectivity index (χ0) is 21.4. The number of rotatable bonds is 16. The average molecular weight is 419 g/mol. The van der Waals surface area contributed by atoms with Gasteiger partial charge in [-0.15, -0.1) is 0 Å². The van der Waals surface area contributed by atoms with E-state index in [1.807, 2.05) is 35.2 Å². The first kappa shape index (κ1) is 25.1. The minimum atomic E-state index is -0.713. The van der Waals surface area contributed by atoms with Gasteiger partial charge in [-0.05, 0) is 44.0 Å². The molecule has 0 radical (unpaired) electrons. The van der Waals surface area contributed by atoms with E-state index in [9.17, 15) is 5.11 Å². The molecule has 0 spiro atoms. The summed E-state index contributed by atoms with van der Waals surface area (Å²) in [6.45, 7) is 7.62. The predicted molar refractivity (Wildman–Crippen MR) is 128 cm³/mol. The number of hydrogen-bond acceptors (Lipinski definition) is 5. The van der Waals surface area contributed by atoms with Gasteiger partial charge in [0.2, 0.25) is 0 Å². The number of anilines is 1. The van der Waals surface area contributed by atoms with E-state index in [1.54, 1.807) is 0 Å². The first-order valence-electron chi connectivity index (χ1n) is 12.4. The van der Waals surface area contributed by atoms with E-state index in [1.165, 1.54) is 70.8 Å². The Morgan fingerprint density at radius 3 is 2.40 bits per heavy atom. The summed E-state index contributed by atoms with van der Waals surface area (Å²) in [6, 6.07) is 9.88. The van der Waals surface area contributed by atoms with Crippen LogP contribution in [0.25, 0.3) is 0 Å². The number of benzene rings is 1. The lowest BCUT2D eigenvalue weighted by molar-refractivity contribution is 0.0214. The Balaban J connectivity index is 1.75. The molecule has 4 N–H and O–H groups in total. The van der Waals surface area contributed by atoms with Gasteiger partial charge >= 0.3 is 0 Å². The third-order valence-corrected chi connectivity index (χ3v) is 6.42. The molecular formula is C25H46N4O. The summed E-state index contributed by atoms with van der Waals surface area (Å²) in [5.41, 5.74) is 6.75. The largest absolute Gasteiger partial charge is 0.361 e. The van der Waals surface area contributed by atoms with Crippen molar-refractivity contribution >= 4 is 5.69 Å². The number of unbranched alkanes of at least 4 members (excludes halogenated alkanes) is 2. The summed E-state index contributed by atoms with van der Waals surface area (Å²) in [5, 5.41) is 13.9. The summed E-state index contributed by atoms with van der Waals surface area (Å²) in [7, 11) is 0. The summed E-state index contributed by atoms with van der Waals surface area (Å²) in [6.07, 6.45) is 13.1. The highest BCUT2D eigenvalue weighted by Crippen LogP contribution is 2.27. The fourth-order valence-corrected chi connectivity index (χ4v) is 4.53. The summed E-state index contributed by atoms with van der Waals surface area (Å²) in [4.78, 5) is 4.64. The molecule has 1 aromatic rings. The van der Waals surface area contributed by atoms with Gasteiger partial charge in [0, 0.05) is 31.9 Å². The molecule has 0 aromatic heterocycles. The van der Waals surface area contributed by atoms with Crippen LogP contribution in [0, 0.1) is 5.92 Å². The van der Waals surface area contributed by atoms with Crippen molar-refractivity contribution in [1.82, 2.24) is 9.80 Å². The van der Waals surface area contributed by atoms with Crippen LogP contribution in [0.15, 0.2) is 30.3 Å². The second kappa shape index (κ2) is 15.6. The minimum absolute atomic E-state index is 0.546. The maximum atomic E-state index is 10.7. The first-order valence-corrected chi connectivity index (χ1v) is 12.4. The van der Waals surface area contributed by atoms with Crippen molar-refractivity contribution in [2.45, 2.75) is 77.5 Å². The summed E-state index contributed by atoms with van der Waals surface area (Å²) in [5.74, 6) is 0.988. The van der Waals surface area contributed by atoms with E-state index >= 15 is 0 Å². The van der Waals surface area contributed by atoms with Gasteiger partial charge in [-0.25, -0.2) is 0 Å². The van der Waals surface area contributed by atoms with Gasteiger partial charge in [0.25, 0.3) is 0 Å². The molecule has 0 aliphatic heterocycles. The van der Waals surface area contributed by atoms with Crippen LogP contribution < -0.4 is 11.1 Å². The number of nitrogens with one attached hydrogen (secondary N) is 1. The van der Waals surface area contributed by atoms with Crippen molar-refractivity contribution in [2.75, 3.05) is 44.6 Å². The van der Waals surface area contributed by atoms with Crippen molar-refractivity contribution in [3.63, 3.8) is 0 Å². The van der Waals surface area contributed by atoms with Gasteiger partial charge in [0.1, 0.15) is 0 Å². The molecule has 1 aromatic carbocycles. The molecule has 1 unspecified atom stereocenters. The van der Waals surface area contributed by atoms with Crippen LogP contribution in [0.5, 0.6) is 0 Å². The monoisotopic (exact) mass is 418 g/mol. The Morgan fingerprint density at radius 2 is 1.70 bits per heavy atom. The molecular weight excluding hydrogens is 372 g/mol. The topological polar surface area (TPSA) is 64.8 Å². The van der Waals surface area contributed by atoms with Crippen molar-refractivity contribution in [1.29, 1.82) is 0 Å². The molecule has 0 amide bonds. The molecule has 1 aliphatic carbocycles. The fourth-order valence-electron chi connectivity index (χ4n) is 4.53. The lowest BCUT2D eigenvalue weighted by atomic mass is 9.86. The molecule has 0 heterocycles. The molecule has 1 aliphatic rings. The molecule has 5 nitrogen and oxygen atoms in total. The van der Waals surface area contributed by atoms with Gasteiger partial charge in [0.05, 0.1) is 0 Å². The molecule has 172 valence electrons. The van der Waals surface area contributed by atoms with E-state index in [0.717, 1.165) is 31.2 Å². The quantitative estimate of drug-likeness (QED) is 0.273. The standard InChI is InChI=1S/C25H46N4O/c1-2-3-18-28(19-11-10-14-23-12-6-4-7-13-23)21-22-29(20-17-26)25(30)27-24-15-8-5-9-16-24/h5,8-9,15-16,23,25,27,30H,2-4,6-7,10-14,17-22,26H2,1H3. The van der Waals surface area contributed by atoms with E-state index in [2.05, 4.69) is 17.1 Å².